The molecular weight excluding hydrogens is 250 g/mol. The number of nitrogens with one attached hydrogen (secondary N) is 1. The minimum atomic E-state index is -0.307. The Morgan fingerprint density at radius 3 is 2.50 bits per heavy atom. The lowest BCUT2D eigenvalue weighted by molar-refractivity contribution is -0.149. The van der Waals surface area contributed by atoms with E-state index in [1.807, 2.05) is 26.0 Å². The van der Waals surface area contributed by atoms with Crippen molar-refractivity contribution in [2.75, 3.05) is 7.05 Å². The van der Waals surface area contributed by atoms with Gasteiger partial charge in [-0.15, -0.1) is 0 Å². The maximum Gasteiger partial charge on any atom is 0.323 e. The van der Waals surface area contributed by atoms with Crippen molar-refractivity contribution in [3.05, 3.63) is 48.0 Å². The molecule has 3 heteroatoms. The first-order valence-electron chi connectivity index (χ1n) is 6.95. The van der Waals surface area contributed by atoms with Crippen LogP contribution in [0.3, 0.4) is 0 Å². The van der Waals surface area contributed by atoms with Crippen molar-refractivity contribution in [2.45, 2.75) is 32.4 Å². The monoisotopic (exact) mass is 271 g/mol. The standard InChI is InChI=1S/C17H21NO2/c1-12(2)20-17(19)16(18-3)11-13-8-9-14-6-4-5-7-15(14)10-13/h4-10,12,16,18H,11H2,1-3H3. The van der Waals surface area contributed by atoms with Gasteiger partial charge >= 0.3 is 5.97 Å². The van der Waals surface area contributed by atoms with E-state index in [-0.39, 0.29) is 18.1 Å². The van der Waals surface area contributed by atoms with Gasteiger partial charge in [0.15, 0.2) is 0 Å². The number of hydrogen-bond acceptors (Lipinski definition) is 3. The van der Waals surface area contributed by atoms with Crippen LogP contribution in [-0.4, -0.2) is 25.2 Å². The second-order valence-electron chi connectivity index (χ2n) is 5.21. The third kappa shape index (κ3) is 3.58. The molecule has 0 aliphatic heterocycles. The number of fused-ring (bicyclic) bond motifs is 1. The highest BCUT2D eigenvalue weighted by Crippen LogP contribution is 2.17. The van der Waals surface area contributed by atoms with Crippen LogP contribution >= 0.6 is 0 Å². The fourth-order valence-corrected chi connectivity index (χ4v) is 2.22. The summed E-state index contributed by atoms with van der Waals surface area (Å²) in [6, 6.07) is 14.2. The molecule has 2 rings (SSSR count). The van der Waals surface area contributed by atoms with Gasteiger partial charge in [-0.3, -0.25) is 4.79 Å². The summed E-state index contributed by atoms with van der Waals surface area (Å²) in [5, 5.41) is 5.43. The third-order valence-electron chi connectivity index (χ3n) is 3.24. The zero-order chi connectivity index (χ0) is 14.5. The van der Waals surface area contributed by atoms with Crippen molar-refractivity contribution in [3.8, 4) is 0 Å². The molecule has 0 radical (unpaired) electrons. The van der Waals surface area contributed by atoms with Crippen LogP contribution in [0.4, 0.5) is 0 Å². The Morgan fingerprint density at radius 1 is 1.15 bits per heavy atom. The largest absolute Gasteiger partial charge is 0.462 e. The second-order valence-corrected chi connectivity index (χ2v) is 5.21. The number of esters is 1. The number of carbonyl (C=O) groups is 1. The lowest BCUT2D eigenvalue weighted by Gasteiger charge is -2.17. The Labute approximate surface area is 119 Å². The normalized spacial score (nSPS) is 12.6. The number of benzene rings is 2. The molecule has 1 N–H and O–H groups in total. The van der Waals surface area contributed by atoms with Crippen molar-refractivity contribution in [2.24, 2.45) is 0 Å². The molecule has 0 fully saturated rings. The predicted molar refractivity (Wildman–Crippen MR) is 81.7 cm³/mol. The molecule has 2 aromatic carbocycles. The maximum absolute atomic E-state index is 12.0. The van der Waals surface area contributed by atoms with E-state index in [9.17, 15) is 4.79 Å². The highest BCUT2D eigenvalue weighted by molar-refractivity contribution is 5.83. The minimum absolute atomic E-state index is 0.0880. The molecule has 1 atom stereocenters. The van der Waals surface area contributed by atoms with Gasteiger partial charge in [-0.2, -0.15) is 0 Å². The van der Waals surface area contributed by atoms with Crippen LogP contribution in [-0.2, 0) is 16.0 Å². The van der Waals surface area contributed by atoms with E-state index in [1.54, 1.807) is 7.05 Å². The molecule has 0 heterocycles. The van der Waals surface area contributed by atoms with E-state index in [4.69, 9.17) is 4.74 Å². The lowest BCUT2D eigenvalue weighted by Crippen LogP contribution is -2.38. The van der Waals surface area contributed by atoms with Gasteiger partial charge in [0, 0.05) is 0 Å². The molecule has 0 amide bonds. The highest BCUT2D eigenvalue weighted by atomic mass is 16.5. The summed E-state index contributed by atoms with van der Waals surface area (Å²) in [5.41, 5.74) is 1.13. The van der Waals surface area contributed by atoms with E-state index >= 15 is 0 Å². The zero-order valence-electron chi connectivity index (χ0n) is 12.2. The summed E-state index contributed by atoms with van der Waals surface area (Å²) in [7, 11) is 1.79. The molecule has 0 aliphatic carbocycles. The average molecular weight is 271 g/mol. The average Bonchev–Trinajstić information content (AvgIpc) is 2.43. The first-order valence-corrected chi connectivity index (χ1v) is 6.95. The first-order chi connectivity index (χ1) is 9.60. The van der Waals surface area contributed by atoms with Crippen LogP contribution in [0.1, 0.15) is 19.4 Å². The van der Waals surface area contributed by atoms with E-state index in [0.717, 1.165) is 5.56 Å². The van der Waals surface area contributed by atoms with E-state index < -0.39 is 0 Å². The summed E-state index contributed by atoms with van der Waals surface area (Å²) in [5.74, 6) is -0.198. The molecule has 0 spiro atoms. The summed E-state index contributed by atoms with van der Waals surface area (Å²) in [6.07, 6.45) is 0.544. The molecule has 0 saturated heterocycles. The van der Waals surface area contributed by atoms with Crippen LogP contribution in [0.15, 0.2) is 42.5 Å². The van der Waals surface area contributed by atoms with Crippen molar-refractivity contribution in [1.29, 1.82) is 0 Å². The summed E-state index contributed by atoms with van der Waals surface area (Å²) < 4.78 is 5.26. The number of carbonyl (C=O) groups excluding carboxylic acids is 1. The molecule has 0 aromatic heterocycles. The summed E-state index contributed by atoms with van der Waals surface area (Å²) in [6.45, 7) is 3.72. The number of rotatable bonds is 5. The Kier molecular flexibility index (Phi) is 4.74. The third-order valence-corrected chi connectivity index (χ3v) is 3.24. The molecule has 2 aromatic rings. The van der Waals surface area contributed by atoms with Gasteiger partial charge in [0.2, 0.25) is 0 Å². The van der Waals surface area contributed by atoms with Crippen molar-refractivity contribution in [3.63, 3.8) is 0 Å². The zero-order valence-corrected chi connectivity index (χ0v) is 12.2. The second kappa shape index (κ2) is 6.53. The quantitative estimate of drug-likeness (QED) is 0.850. The van der Waals surface area contributed by atoms with E-state index in [0.29, 0.717) is 6.42 Å². The topological polar surface area (TPSA) is 38.3 Å². The highest BCUT2D eigenvalue weighted by Gasteiger charge is 2.19. The minimum Gasteiger partial charge on any atom is -0.462 e. The van der Waals surface area contributed by atoms with Crippen molar-refractivity contribution >= 4 is 16.7 Å². The van der Waals surface area contributed by atoms with Gasteiger partial charge in [-0.05, 0) is 43.7 Å². The van der Waals surface area contributed by atoms with E-state index in [1.165, 1.54) is 10.8 Å². The molecule has 20 heavy (non-hydrogen) atoms. The Morgan fingerprint density at radius 2 is 1.85 bits per heavy atom. The number of likely N-dealkylation sites (N-methyl/N-ethyl adjacent to an activating group) is 1. The van der Waals surface area contributed by atoms with Gasteiger partial charge in [0.25, 0.3) is 0 Å². The first kappa shape index (κ1) is 14.5. The molecule has 0 aliphatic rings. The summed E-state index contributed by atoms with van der Waals surface area (Å²) >= 11 is 0. The fourth-order valence-electron chi connectivity index (χ4n) is 2.22. The fraction of sp³-hybridized carbons (Fsp3) is 0.353. The van der Waals surface area contributed by atoms with Crippen molar-refractivity contribution < 1.29 is 9.53 Å². The lowest BCUT2D eigenvalue weighted by atomic mass is 10.0. The van der Waals surface area contributed by atoms with Gasteiger partial charge in [-0.1, -0.05) is 42.5 Å². The smallest absolute Gasteiger partial charge is 0.323 e. The Balaban J connectivity index is 2.14. The molecule has 0 bridgehead atoms. The van der Waals surface area contributed by atoms with Crippen LogP contribution in [0.5, 0.6) is 0 Å². The molecule has 3 nitrogen and oxygen atoms in total. The molecular formula is C17H21NO2. The van der Waals surface area contributed by atoms with Crippen LogP contribution < -0.4 is 5.32 Å². The van der Waals surface area contributed by atoms with Crippen molar-refractivity contribution in [1.82, 2.24) is 5.32 Å². The van der Waals surface area contributed by atoms with Gasteiger partial charge < -0.3 is 10.1 Å². The van der Waals surface area contributed by atoms with Crippen LogP contribution in [0.2, 0.25) is 0 Å². The molecule has 0 saturated carbocycles. The van der Waals surface area contributed by atoms with Gasteiger partial charge in [0.05, 0.1) is 6.10 Å². The number of ether oxygens (including phenoxy) is 1. The van der Waals surface area contributed by atoms with Gasteiger partial charge in [-0.25, -0.2) is 0 Å². The van der Waals surface area contributed by atoms with Gasteiger partial charge in [0.1, 0.15) is 6.04 Å². The maximum atomic E-state index is 12.0. The Bertz CT molecular complexity index is 592. The molecule has 1 unspecified atom stereocenters. The van der Waals surface area contributed by atoms with E-state index in [2.05, 4.69) is 35.6 Å². The van der Waals surface area contributed by atoms with Crippen LogP contribution in [0.25, 0.3) is 10.8 Å². The summed E-state index contributed by atoms with van der Waals surface area (Å²) in [4.78, 5) is 12.0. The molecule has 106 valence electrons. The Hall–Kier alpha value is -1.87. The predicted octanol–water partition coefficient (Wildman–Crippen LogP) is 2.92. The van der Waals surface area contributed by atoms with Crippen LogP contribution in [0, 0.1) is 0 Å². The SMILES string of the molecule is CNC(Cc1ccc2ccccc2c1)C(=O)OC(C)C. The number of hydrogen-bond donors (Lipinski definition) is 1.